The van der Waals surface area contributed by atoms with Crippen molar-refractivity contribution >= 4 is 17.4 Å². The molecule has 4 N–H and O–H groups in total. The summed E-state index contributed by atoms with van der Waals surface area (Å²) in [5.41, 5.74) is 7.24. The molecule has 0 heterocycles. The largest absolute Gasteiger partial charge is 0.409 e. The number of hydrogen-bond donors (Lipinski definition) is 3. The summed E-state index contributed by atoms with van der Waals surface area (Å²) in [4.78, 5) is 0. The molecule has 1 aliphatic carbocycles. The molecule has 116 valence electrons. The third-order valence-corrected chi connectivity index (χ3v) is 4.65. The number of nitrogens with two attached hydrogens (primary N) is 1. The molecule has 1 aromatic rings. The number of nitrogens with one attached hydrogen (secondary N) is 1. The zero-order chi connectivity index (χ0) is 15.2. The van der Waals surface area contributed by atoms with Gasteiger partial charge in [-0.3, -0.25) is 0 Å². The van der Waals surface area contributed by atoms with Crippen LogP contribution in [-0.2, 0) is 6.54 Å². The minimum Gasteiger partial charge on any atom is -0.409 e. The molecule has 0 amide bonds. The van der Waals surface area contributed by atoms with E-state index in [2.05, 4.69) is 17.4 Å². The van der Waals surface area contributed by atoms with Crippen LogP contribution in [-0.4, -0.2) is 17.1 Å². The van der Waals surface area contributed by atoms with Crippen LogP contribution in [0.4, 0.5) is 0 Å². The summed E-state index contributed by atoms with van der Waals surface area (Å²) in [5, 5.41) is 15.9. The van der Waals surface area contributed by atoms with E-state index >= 15 is 0 Å². The van der Waals surface area contributed by atoms with Crippen LogP contribution in [0.15, 0.2) is 23.4 Å². The van der Waals surface area contributed by atoms with E-state index in [1.807, 2.05) is 12.1 Å². The predicted molar refractivity (Wildman–Crippen MR) is 86.8 cm³/mol. The smallest absolute Gasteiger partial charge is 0.170 e. The highest BCUT2D eigenvalue weighted by Gasteiger charge is 2.16. The van der Waals surface area contributed by atoms with Gasteiger partial charge in [0.15, 0.2) is 5.84 Å². The highest BCUT2D eigenvalue weighted by molar-refractivity contribution is 6.31. The average Bonchev–Trinajstić information content (AvgIpc) is 2.69. The van der Waals surface area contributed by atoms with Crippen molar-refractivity contribution in [3.8, 4) is 0 Å². The second-order valence-electron chi connectivity index (χ2n) is 5.98. The fourth-order valence-corrected chi connectivity index (χ4v) is 3.10. The molecule has 0 bridgehead atoms. The van der Waals surface area contributed by atoms with Crippen molar-refractivity contribution in [3.63, 3.8) is 0 Å². The summed E-state index contributed by atoms with van der Waals surface area (Å²) in [6, 6.07) is 6.08. The average molecular weight is 310 g/mol. The Labute approximate surface area is 131 Å². The first-order chi connectivity index (χ1) is 10.1. The van der Waals surface area contributed by atoms with Crippen molar-refractivity contribution in [3.05, 3.63) is 34.3 Å². The van der Waals surface area contributed by atoms with E-state index in [4.69, 9.17) is 22.5 Å². The maximum Gasteiger partial charge on any atom is 0.170 e. The Morgan fingerprint density at radius 2 is 2.19 bits per heavy atom. The molecule has 2 atom stereocenters. The number of rotatable bonds is 4. The topological polar surface area (TPSA) is 70.6 Å². The van der Waals surface area contributed by atoms with Gasteiger partial charge < -0.3 is 16.3 Å². The zero-order valence-electron chi connectivity index (χ0n) is 12.5. The van der Waals surface area contributed by atoms with Gasteiger partial charge in [-0.25, -0.2) is 0 Å². The fraction of sp³-hybridized carbons (Fsp3) is 0.562. The quantitative estimate of drug-likeness (QED) is 0.262. The van der Waals surface area contributed by atoms with Crippen molar-refractivity contribution in [1.29, 1.82) is 0 Å². The van der Waals surface area contributed by atoms with Gasteiger partial charge in [-0.2, -0.15) is 0 Å². The Morgan fingerprint density at radius 3 is 2.90 bits per heavy atom. The van der Waals surface area contributed by atoms with Gasteiger partial charge >= 0.3 is 0 Å². The van der Waals surface area contributed by atoms with E-state index < -0.39 is 0 Å². The Balaban J connectivity index is 1.94. The minimum atomic E-state index is 0.0779. The molecule has 0 saturated heterocycles. The third-order valence-electron chi connectivity index (χ3n) is 4.30. The van der Waals surface area contributed by atoms with Gasteiger partial charge in [0.05, 0.1) is 0 Å². The molecule has 5 heteroatoms. The lowest BCUT2D eigenvalue weighted by molar-refractivity contribution is 0.318. The lowest BCUT2D eigenvalue weighted by atomic mass is 10.0. The van der Waals surface area contributed by atoms with Crippen LogP contribution in [0.1, 0.15) is 50.2 Å². The molecule has 1 saturated carbocycles. The van der Waals surface area contributed by atoms with Crippen molar-refractivity contribution in [1.82, 2.24) is 5.32 Å². The summed E-state index contributed by atoms with van der Waals surface area (Å²) < 4.78 is 0. The van der Waals surface area contributed by atoms with E-state index in [1.54, 1.807) is 6.07 Å². The van der Waals surface area contributed by atoms with Crippen molar-refractivity contribution in [2.75, 3.05) is 0 Å². The summed E-state index contributed by atoms with van der Waals surface area (Å²) in [6.45, 7) is 3.10. The number of amidine groups is 1. The molecule has 0 radical (unpaired) electrons. The Morgan fingerprint density at radius 1 is 1.38 bits per heavy atom. The highest BCUT2D eigenvalue weighted by Crippen LogP contribution is 2.24. The number of nitrogens with zero attached hydrogens (tertiary/aromatic N) is 1. The number of oxime groups is 1. The Bertz CT molecular complexity index is 504. The van der Waals surface area contributed by atoms with E-state index in [9.17, 15) is 0 Å². The second kappa shape index (κ2) is 7.66. The number of hydrogen-bond acceptors (Lipinski definition) is 3. The van der Waals surface area contributed by atoms with Crippen LogP contribution in [0.3, 0.4) is 0 Å². The van der Waals surface area contributed by atoms with E-state index in [0.717, 1.165) is 18.0 Å². The normalized spacial score (nSPS) is 23.8. The van der Waals surface area contributed by atoms with Crippen LogP contribution in [0.2, 0.25) is 5.02 Å². The van der Waals surface area contributed by atoms with Gasteiger partial charge in [0, 0.05) is 23.2 Å². The molecule has 0 spiro atoms. The van der Waals surface area contributed by atoms with Gasteiger partial charge in [-0.05, 0) is 36.8 Å². The summed E-state index contributed by atoms with van der Waals surface area (Å²) in [5.74, 6) is 0.926. The first-order valence-corrected chi connectivity index (χ1v) is 7.97. The van der Waals surface area contributed by atoms with Crippen LogP contribution in [0.25, 0.3) is 0 Å². The van der Waals surface area contributed by atoms with Crippen LogP contribution >= 0.6 is 11.6 Å². The van der Waals surface area contributed by atoms with Gasteiger partial charge in [-0.1, -0.05) is 48.7 Å². The molecule has 1 aliphatic rings. The number of halogens is 1. The Hall–Kier alpha value is -1.26. The second-order valence-corrected chi connectivity index (χ2v) is 6.39. The first kappa shape index (κ1) is 16.1. The van der Waals surface area contributed by atoms with Crippen molar-refractivity contribution in [2.24, 2.45) is 16.8 Å². The summed E-state index contributed by atoms with van der Waals surface area (Å²) >= 11 is 6.27. The molecule has 2 unspecified atom stereocenters. The lowest BCUT2D eigenvalue weighted by Crippen LogP contribution is -2.28. The fourth-order valence-electron chi connectivity index (χ4n) is 2.85. The van der Waals surface area contributed by atoms with E-state index in [1.165, 1.54) is 32.1 Å². The third kappa shape index (κ3) is 4.61. The monoisotopic (exact) mass is 309 g/mol. The number of benzene rings is 1. The highest BCUT2D eigenvalue weighted by atomic mass is 35.5. The molecule has 1 aromatic carbocycles. The minimum absolute atomic E-state index is 0.0779. The SMILES string of the molecule is CC1CCCC(NCc2ccc(/C(N)=N/O)cc2Cl)CC1. The molecule has 1 fully saturated rings. The zero-order valence-corrected chi connectivity index (χ0v) is 13.2. The van der Waals surface area contributed by atoms with Crippen molar-refractivity contribution < 1.29 is 5.21 Å². The van der Waals surface area contributed by atoms with Gasteiger partial charge in [0.1, 0.15) is 0 Å². The maximum atomic E-state index is 8.68. The molecule has 21 heavy (non-hydrogen) atoms. The van der Waals surface area contributed by atoms with Crippen LogP contribution < -0.4 is 11.1 Å². The van der Waals surface area contributed by atoms with Gasteiger partial charge in [0.25, 0.3) is 0 Å². The predicted octanol–water partition coefficient (Wildman–Crippen LogP) is 3.49. The lowest BCUT2D eigenvalue weighted by Gasteiger charge is -2.17. The first-order valence-electron chi connectivity index (χ1n) is 7.60. The molecular formula is C16H24ClN3O. The van der Waals surface area contributed by atoms with Gasteiger partial charge in [-0.15, -0.1) is 0 Å². The van der Waals surface area contributed by atoms with Crippen LogP contribution in [0.5, 0.6) is 0 Å². The molecule has 4 nitrogen and oxygen atoms in total. The van der Waals surface area contributed by atoms with Crippen molar-refractivity contribution in [2.45, 2.75) is 51.6 Å². The standard InChI is InChI=1S/C16H24ClN3O/c1-11-3-2-4-14(8-5-11)19-10-13-7-6-12(9-15(13)17)16(18)20-21/h6-7,9,11,14,19,21H,2-5,8,10H2,1H3,(H2,18,20). The summed E-state index contributed by atoms with van der Waals surface area (Å²) in [7, 11) is 0. The van der Waals surface area contributed by atoms with Crippen LogP contribution in [0, 0.1) is 5.92 Å². The summed E-state index contributed by atoms with van der Waals surface area (Å²) in [6.07, 6.45) is 6.42. The molecular weight excluding hydrogens is 286 g/mol. The maximum absolute atomic E-state index is 8.68. The van der Waals surface area contributed by atoms with Gasteiger partial charge in [0.2, 0.25) is 0 Å². The van der Waals surface area contributed by atoms with E-state index in [0.29, 0.717) is 16.6 Å². The molecule has 0 aliphatic heterocycles. The molecule has 2 rings (SSSR count). The molecule has 0 aromatic heterocycles. The van der Waals surface area contributed by atoms with E-state index in [-0.39, 0.29) is 5.84 Å². The Kier molecular flexibility index (Phi) is 5.88.